The minimum Gasteiger partial charge on any atom is -0.464 e. The molecule has 0 fully saturated rings. The van der Waals surface area contributed by atoms with Crippen molar-refractivity contribution in [3.63, 3.8) is 0 Å². The van der Waals surface area contributed by atoms with Crippen LogP contribution >= 0.6 is 12.6 Å². The molecule has 0 saturated carbocycles. The Morgan fingerprint density at radius 3 is 2.73 bits per heavy atom. The Labute approximate surface area is 92.7 Å². The van der Waals surface area contributed by atoms with Crippen LogP contribution in [0.15, 0.2) is 34.9 Å². The molecule has 1 aromatic heterocycles. The van der Waals surface area contributed by atoms with Crippen molar-refractivity contribution in [2.75, 3.05) is 5.75 Å². The highest BCUT2D eigenvalue weighted by Crippen LogP contribution is 2.28. The summed E-state index contributed by atoms with van der Waals surface area (Å²) in [6, 6.07) is 7.39. The fourth-order valence-electron chi connectivity index (χ4n) is 1.53. The van der Waals surface area contributed by atoms with Crippen LogP contribution in [0.25, 0.3) is 11.0 Å². The molecule has 2 unspecified atom stereocenters. The normalized spacial score (nSPS) is 15.4. The van der Waals surface area contributed by atoms with Crippen LogP contribution in [0.4, 0.5) is 0 Å². The van der Waals surface area contributed by atoms with Gasteiger partial charge in [0.25, 0.3) is 0 Å². The van der Waals surface area contributed by atoms with Gasteiger partial charge in [0.1, 0.15) is 11.7 Å². The highest BCUT2D eigenvalue weighted by Gasteiger charge is 2.20. The van der Waals surface area contributed by atoms with Crippen molar-refractivity contribution in [2.45, 2.75) is 12.2 Å². The van der Waals surface area contributed by atoms with Crippen LogP contribution in [0.5, 0.6) is 0 Å². The molecule has 0 amide bonds. The van der Waals surface area contributed by atoms with Crippen LogP contribution in [0.2, 0.25) is 0 Å². The molecular weight excluding hydrogens is 212 g/mol. The second-order valence-corrected chi connectivity index (χ2v) is 3.75. The van der Waals surface area contributed by atoms with E-state index in [9.17, 15) is 10.2 Å². The molecule has 2 rings (SSSR count). The van der Waals surface area contributed by atoms with Crippen LogP contribution in [-0.2, 0) is 0 Å². The van der Waals surface area contributed by atoms with Gasteiger partial charge in [0.2, 0.25) is 0 Å². The van der Waals surface area contributed by atoms with Crippen LogP contribution in [0.3, 0.4) is 0 Å². The number of fused-ring (bicyclic) bond motifs is 1. The summed E-state index contributed by atoms with van der Waals surface area (Å²) in [5.41, 5.74) is 1.31. The summed E-state index contributed by atoms with van der Waals surface area (Å²) < 4.78 is 5.27. The van der Waals surface area contributed by atoms with Gasteiger partial charge in [0.15, 0.2) is 0 Å². The van der Waals surface area contributed by atoms with E-state index in [1.807, 2.05) is 24.3 Å². The molecule has 15 heavy (non-hydrogen) atoms. The second kappa shape index (κ2) is 4.26. The molecule has 2 atom stereocenters. The van der Waals surface area contributed by atoms with Crippen LogP contribution in [0.1, 0.15) is 11.7 Å². The van der Waals surface area contributed by atoms with E-state index in [-0.39, 0.29) is 5.75 Å². The topological polar surface area (TPSA) is 53.6 Å². The van der Waals surface area contributed by atoms with Gasteiger partial charge in [-0.1, -0.05) is 18.2 Å². The van der Waals surface area contributed by atoms with E-state index in [1.165, 1.54) is 6.26 Å². The number of furan rings is 1. The number of aliphatic hydroxyl groups is 2. The van der Waals surface area contributed by atoms with E-state index in [2.05, 4.69) is 12.6 Å². The van der Waals surface area contributed by atoms with Crippen molar-refractivity contribution in [2.24, 2.45) is 0 Å². The van der Waals surface area contributed by atoms with Gasteiger partial charge in [-0.3, -0.25) is 0 Å². The molecule has 2 aromatic rings. The van der Waals surface area contributed by atoms with Gasteiger partial charge in [0.05, 0.1) is 12.4 Å². The Morgan fingerprint density at radius 2 is 2.00 bits per heavy atom. The molecule has 3 nitrogen and oxygen atoms in total. The first-order valence-electron chi connectivity index (χ1n) is 4.67. The monoisotopic (exact) mass is 224 g/mol. The summed E-state index contributed by atoms with van der Waals surface area (Å²) in [7, 11) is 0. The van der Waals surface area contributed by atoms with Crippen molar-refractivity contribution in [3.8, 4) is 0 Å². The lowest BCUT2D eigenvalue weighted by Crippen LogP contribution is -2.19. The molecule has 0 saturated heterocycles. The lowest BCUT2D eigenvalue weighted by molar-refractivity contribution is 0.0342. The molecule has 0 bridgehead atoms. The quantitative estimate of drug-likeness (QED) is 0.696. The van der Waals surface area contributed by atoms with Crippen molar-refractivity contribution in [1.29, 1.82) is 0 Å². The molecule has 1 heterocycles. The fraction of sp³-hybridized carbons (Fsp3) is 0.273. The first kappa shape index (κ1) is 10.5. The maximum atomic E-state index is 9.82. The predicted molar refractivity (Wildman–Crippen MR) is 61.0 cm³/mol. The Hall–Kier alpha value is -0.970. The molecule has 0 aliphatic carbocycles. The van der Waals surface area contributed by atoms with E-state index >= 15 is 0 Å². The van der Waals surface area contributed by atoms with E-state index in [4.69, 9.17) is 4.42 Å². The largest absolute Gasteiger partial charge is 0.464 e. The molecule has 2 N–H and O–H groups in total. The Bertz CT molecular complexity index is 452. The third-order valence-corrected chi connectivity index (χ3v) is 2.76. The minimum absolute atomic E-state index is 0.209. The smallest absolute Gasteiger partial charge is 0.134 e. The zero-order valence-electron chi connectivity index (χ0n) is 8.00. The molecule has 1 aromatic carbocycles. The number of rotatable bonds is 3. The van der Waals surface area contributed by atoms with E-state index in [0.29, 0.717) is 11.1 Å². The van der Waals surface area contributed by atoms with Crippen LogP contribution < -0.4 is 0 Å². The van der Waals surface area contributed by atoms with Crippen molar-refractivity contribution < 1.29 is 14.6 Å². The van der Waals surface area contributed by atoms with Crippen LogP contribution in [-0.4, -0.2) is 22.1 Å². The standard InChI is InChI=1S/C11H12O3S/c12-9(6-15)11(13)8-5-14-10-4-2-1-3-7(8)10/h1-5,9,11-13,15H,6H2. The highest BCUT2D eigenvalue weighted by atomic mass is 32.1. The summed E-state index contributed by atoms with van der Waals surface area (Å²) >= 11 is 3.94. The van der Waals surface area contributed by atoms with Gasteiger partial charge in [-0.25, -0.2) is 0 Å². The second-order valence-electron chi connectivity index (χ2n) is 3.38. The molecule has 4 heteroatoms. The van der Waals surface area contributed by atoms with Crippen molar-refractivity contribution in [3.05, 3.63) is 36.1 Å². The number of thiol groups is 1. The van der Waals surface area contributed by atoms with E-state index in [1.54, 1.807) is 0 Å². The lowest BCUT2D eigenvalue weighted by Gasteiger charge is -2.14. The maximum Gasteiger partial charge on any atom is 0.134 e. The van der Waals surface area contributed by atoms with Gasteiger partial charge < -0.3 is 14.6 Å². The molecule has 0 spiro atoms. The fourth-order valence-corrected chi connectivity index (χ4v) is 1.73. The Kier molecular flexibility index (Phi) is 3.00. The van der Waals surface area contributed by atoms with Crippen molar-refractivity contribution in [1.82, 2.24) is 0 Å². The van der Waals surface area contributed by atoms with Gasteiger partial charge in [-0.2, -0.15) is 12.6 Å². The molecule has 80 valence electrons. The number of aliphatic hydroxyl groups excluding tert-OH is 2. The average molecular weight is 224 g/mol. The molecular formula is C11H12O3S. The lowest BCUT2D eigenvalue weighted by atomic mass is 10.0. The van der Waals surface area contributed by atoms with E-state index in [0.717, 1.165) is 5.39 Å². The van der Waals surface area contributed by atoms with Gasteiger partial charge >= 0.3 is 0 Å². The molecule has 0 aliphatic rings. The first-order valence-corrected chi connectivity index (χ1v) is 5.30. The average Bonchev–Trinajstić information content (AvgIpc) is 2.70. The zero-order valence-corrected chi connectivity index (χ0v) is 8.89. The summed E-state index contributed by atoms with van der Waals surface area (Å²) in [4.78, 5) is 0. The number of hydrogen-bond acceptors (Lipinski definition) is 4. The Balaban J connectivity index is 2.43. The summed E-state index contributed by atoms with van der Waals surface area (Å²) in [5.74, 6) is 0.209. The number of hydrogen-bond donors (Lipinski definition) is 3. The maximum absolute atomic E-state index is 9.82. The third kappa shape index (κ3) is 1.88. The Morgan fingerprint density at radius 1 is 1.27 bits per heavy atom. The van der Waals surface area contributed by atoms with Gasteiger partial charge in [0, 0.05) is 16.7 Å². The SMILES string of the molecule is OC(CS)C(O)c1coc2ccccc12. The van der Waals surface area contributed by atoms with E-state index < -0.39 is 12.2 Å². The van der Waals surface area contributed by atoms with Crippen molar-refractivity contribution >= 4 is 23.6 Å². The highest BCUT2D eigenvalue weighted by molar-refractivity contribution is 7.80. The predicted octanol–water partition coefficient (Wildman–Crippen LogP) is 1.76. The van der Waals surface area contributed by atoms with Crippen LogP contribution in [0, 0.1) is 0 Å². The molecule has 0 aliphatic heterocycles. The summed E-state index contributed by atoms with van der Waals surface area (Å²) in [6.07, 6.45) is -0.359. The minimum atomic E-state index is -0.953. The zero-order chi connectivity index (χ0) is 10.8. The first-order chi connectivity index (χ1) is 7.24. The summed E-state index contributed by atoms with van der Waals surface area (Å²) in [6.45, 7) is 0. The van der Waals surface area contributed by atoms with Gasteiger partial charge in [-0.15, -0.1) is 0 Å². The number of para-hydroxylation sites is 1. The number of benzene rings is 1. The molecule has 0 radical (unpaired) electrons. The summed E-state index contributed by atoms with van der Waals surface area (Å²) in [5, 5.41) is 20.1. The third-order valence-electron chi connectivity index (χ3n) is 2.38. The van der Waals surface area contributed by atoms with Gasteiger partial charge in [-0.05, 0) is 6.07 Å².